The molecule has 1 atom stereocenters. The van der Waals surface area contributed by atoms with Gasteiger partial charge in [-0.1, -0.05) is 39.0 Å². The Kier molecular flexibility index (Phi) is 11.3. The lowest BCUT2D eigenvalue weighted by atomic mass is 10.1. The monoisotopic (exact) mass is 328 g/mol. The lowest BCUT2D eigenvalue weighted by Crippen LogP contribution is -2.45. The summed E-state index contributed by atoms with van der Waals surface area (Å²) in [7, 11) is 0. The minimum atomic E-state index is -0.441. The predicted octanol–water partition coefficient (Wildman–Crippen LogP) is 4.97. The van der Waals surface area contributed by atoms with Gasteiger partial charge >= 0.3 is 6.09 Å². The van der Waals surface area contributed by atoms with Crippen LogP contribution in [-0.2, 0) is 4.74 Å². The lowest BCUT2D eigenvalue weighted by Gasteiger charge is -2.30. The quantitative estimate of drug-likeness (QED) is 0.544. The van der Waals surface area contributed by atoms with Crippen LogP contribution in [0.25, 0.3) is 0 Å². The molecule has 0 radical (unpaired) electrons. The Labute approximate surface area is 144 Å². The maximum Gasteiger partial charge on any atom is 0.410 e. The number of hydrogen-bond acceptors (Lipinski definition) is 3. The van der Waals surface area contributed by atoms with E-state index >= 15 is 0 Å². The molecule has 138 valence electrons. The second kappa shape index (κ2) is 11.7. The van der Waals surface area contributed by atoms with Gasteiger partial charge in [0.05, 0.1) is 0 Å². The SMILES string of the molecule is CCCCCCCC(C)NCCN(C(=O)OC(C)(C)C)C(C)C. The van der Waals surface area contributed by atoms with Crippen molar-refractivity contribution in [3.8, 4) is 0 Å². The Morgan fingerprint density at radius 1 is 1.09 bits per heavy atom. The Bertz CT molecular complexity index is 311. The molecule has 0 aliphatic carbocycles. The molecule has 0 aromatic heterocycles. The van der Waals surface area contributed by atoms with Gasteiger partial charge in [0.15, 0.2) is 0 Å². The van der Waals surface area contributed by atoms with Crippen molar-refractivity contribution in [1.29, 1.82) is 0 Å². The van der Waals surface area contributed by atoms with E-state index in [9.17, 15) is 4.79 Å². The molecule has 0 fully saturated rings. The Morgan fingerprint density at radius 3 is 2.22 bits per heavy atom. The van der Waals surface area contributed by atoms with Crippen LogP contribution in [0.1, 0.15) is 87.0 Å². The van der Waals surface area contributed by atoms with E-state index in [1.807, 2.05) is 34.6 Å². The third-order valence-corrected chi connectivity index (χ3v) is 3.84. The maximum atomic E-state index is 12.2. The fourth-order valence-corrected chi connectivity index (χ4v) is 2.47. The minimum Gasteiger partial charge on any atom is -0.444 e. The van der Waals surface area contributed by atoms with Gasteiger partial charge in [-0.15, -0.1) is 0 Å². The highest BCUT2D eigenvalue weighted by molar-refractivity contribution is 5.68. The number of ether oxygens (including phenoxy) is 1. The number of amides is 1. The maximum absolute atomic E-state index is 12.2. The van der Waals surface area contributed by atoms with Gasteiger partial charge in [-0.3, -0.25) is 0 Å². The first kappa shape index (κ1) is 22.2. The third-order valence-electron chi connectivity index (χ3n) is 3.84. The molecule has 0 aliphatic heterocycles. The second-order valence-corrected chi connectivity index (χ2v) is 7.83. The molecule has 1 N–H and O–H groups in total. The second-order valence-electron chi connectivity index (χ2n) is 7.83. The Morgan fingerprint density at radius 2 is 1.70 bits per heavy atom. The van der Waals surface area contributed by atoms with Crippen molar-refractivity contribution in [3.63, 3.8) is 0 Å². The number of hydrogen-bond donors (Lipinski definition) is 1. The number of nitrogens with one attached hydrogen (secondary N) is 1. The van der Waals surface area contributed by atoms with Crippen LogP contribution < -0.4 is 5.32 Å². The van der Waals surface area contributed by atoms with Gasteiger partial charge in [0, 0.05) is 25.2 Å². The van der Waals surface area contributed by atoms with Gasteiger partial charge in [-0.05, 0) is 48.0 Å². The van der Waals surface area contributed by atoms with Crippen LogP contribution in [0.15, 0.2) is 0 Å². The molecule has 23 heavy (non-hydrogen) atoms. The van der Waals surface area contributed by atoms with Gasteiger partial charge in [-0.25, -0.2) is 4.79 Å². The summed E-state index contributed by atoms with van der Waals surface area (Å²) < 4.78 is 5.48. The topological polar surface area (TPSA) is 41.6 Å². The van der Waals surface area contributed by atoms with Gasteiger partial charge < -0.3 is 15.0 Å². The largest absolute Gasteiger partial charge is 0.444 e. The fraction of sp³-hybridized carbons (Fsp3) is 0.947. The zero-order valence-electron chi connectivity index (χ0n) is 16.6. The summed E-state index contributed by atoms with van der Waals surface area (Å²) in [6.07, 6.45) is 7.59. The number of nitrogens with zero attached hydrogens (tertiary/aromatic N) is 1. The third kappa shape index (κ3) is 12.3. The first-order valence-electron chi connectivity index (χ1n) is 9.40. The molecule has 4 nitrogen and oxygen atoms in total. The van der Waals surface area contributed by atoms with Crippen molar-refractivity contribution in [2.45, 2.75) is 105 Å². The van der Waals surface area contributed by atoms with E-state index in [1.165, 1.54) is 38.5 Å². The van der Waals surface area contributed by atoms with Crippen LogP contribution in [0.4, 0.5) is 4.79 Å². The van der Waals surface area contributed by atoms with E-state index in [0.29, 0.717) is 12.6 Å². The first-order chi connectivity index (χ1) is 10.7. The molecule has 1 unspecified atom stereocenters. The van der Waals surface area contributed by atoms with E-state index < -0.39 is 5.60 Å². The van der Waals surface area contributed by atoms with Gasteiger partial charge in [-0.2, -0.15) is 0 Å². The van der Waals surface area contributed by atoms with E-state index in [-0.39, 0.29) is 12.1 Å². The Hall–Kier alpha value is -0.770. The van der Waals surface area contributed by atoms with Gasteiger partial charge in [0.1, 0.15) is 5.60 Å². The van der Waals surface area contributed by atoms with E-state index in [4.69, 9.17) is 4.74 Å². The Balaban J connectivity index is 4.02. The summed E-state index contributed by atoms with van der Waals surface area (Å²) in [5.74, 6) is 0. The average molecular weight is 329 g/mol. The highest BCUT2D eigenvalue weighted by Crippen LogP contribution is 2.12. The number of carbonyl (C=O) groups is 1. The summed E-state index contributed by atoms with van der Waals surface area (Å²) >= 11 is 0. The molecule has 0 bridgehead atoms. The van der Waals surface area contributed by atoms with Crippen molar-refractivity contribution in [3.05, 3.63) is 0 Å². The highest BCUT2D eigenvalue weighted by atomic mass is 16.6. The summed E-state index contributed by atoms with van der Waals surface area (Å²) in [6, 6.07) is 0.653. The average Bonchev–Trinajstić information content (AvgIpc) is 2.40. The molecular formula is C19H40N2O2. The van der Waals surface area contributed by atoms with E-state index in [2.05, 4.69) is 19.2 Å². The van der Waals surface area contributed by atoms with Gasteiger partial charge in [0.25, 0.3) is 0 Å². The molecule has 0 aromatic carbocycles. The summed E-state index contributed by atoms with van der Waals surface area (Å²) in [5, 5.41) is 3.53. The summed E-state index contributed by atoms with van der Waals surface area (Å²) in [4.78, 5) is 14.0. The normalized spacial score (nSPS) is 13.2. The van der Waals surface area contributed by atoms with Crippen LogP contribution in [0.2, 0.25) is 0 Å². The van der Waals surface area contributed by atoms with E-state index in [0.717, 1.165) is 6.54 Å². The van der Waals surface area contributed by atoms with Crippen LogP contribution in [0.3, 0.4) is 0 Å². The first-order valence-corrected chi connectivity index (χ1v) is 9.40. The van der Waals surface area contributed by atoms with Crippen molar-refractivity contribution in [1.82, 2.24) is 10.2 Å². The number of carbonyl (C=O) groups excluding carboxylic acids is 1. The minimum absolute atomic E-state index is 0.149. The zero-order valence-corrected chi connectivity index (χ0v) is 16.6. The molecule has 0 aromatic rings. The predicted molar refractivity (Wildman–Crippen MR) is 98.9 cm³/mol. The molecule has 0 saturated carbocycles. The highest BCUT2D eigenvalue weighted by Gasteiger charge is 2.23. The molecule has 0 heterocycles. The van der Waals surface area contributed by atoms with Crippen molar-refractivity contribution in [2.75, 3.05) is 13.1 Å². The fourth-order valence-electron chi connectivity index (χ4n) is 2.47. The van der Waals surface area contributed by atoms with Gasteiger partial charge in [0.2, 0.25) is 0 Å². The molecule has 1 amide bonds. The summed E-state index contributed by atoms with van der Waals surface area (Å²) in [5.41, 5.74) is -0.441. The molecule has 0 aliphatic rings. The lowest BCUT2D eigenvalue weighted by molar-refractivity contribution is 0.0192. The van der Waals surface area contributed by atoms with Crippen LogP contribution in [0, 0.1) is 0 Å². The standard InChI is InChI=1S/C19H40N2O2/c1-8-9-10-11-12-13-17(4)20-14-15-21(16(2)3)18(22)23-19(5,6)7/h16-17,20H,8-15H2,1-7H3. The van der Waals surface area contributed by atoms with Crippen LogP contribution in [-0.4, -0.2) is 41.8 Å². The molecule has 0 rings (SSSR count). The molecule has 0 saturated heterocycles. The zero-order chi connectivity index (χ0) is 17.9. The molecule has 4 heteroatoms. The number of rotatable bonds is 11. The smallest absolute Gasteiger partial charge is 0.410 e. The van der Waals surface area contributed by atoms with Crippen LogP contribution >= 0.6 is 0 Å². The van der Waals surface area contributed by atoms with Crippen LogP contribution in [0.5, 0.6) is 0 Å². The van der Waals surface area contributed by atoms with Crippen molar-refractivity contribution < 1.29 is 9.53 Å². The van der Waals surface area contributed by atoms with E-state index in [1.54, 1.807) is 4.90 Å². The number of unbranched alkanes of at least 4 members (excludes halogenated alkanes) is 4. The molecular weight excluding hydrogens is 288 g/mol. The molecule has 0 spiro atoms. The van der Waals surface area contributed by atoms with Crippen molar-refractivity contribution in [2.24, 2.45) is 0 Å². The van der Waals surface area contributed by atoms with Crippen molar-refractivity contribution >= 4 is 6.09 Å². The summed E-state index contributed by atoms with van der Waals surface area (Å²) in [6.45, 7) is 15.7.